The highest BCUT2D eigenvalue weighted by Crippen LogP contribution is 2.14. The molecule has 1 heterocycles. The molecule has 6 nitrogen and oxygen atoms in total. The highest BCUT2D eigenvalue weighted by molar-refractivity contribution is 6.45. The van der Waals surface area contributed by atoms with Crippen LogP contribution in [0, 0.1) is 10.1 Å². The number of non-ortho nitro benzene ring substituents is 1. The van der Waals surface area contributed by atoms with Gasteiger partial charge in [0.25, 0.3) is 5.69 Å². The summed E-state index contributed by atoms with van der Waals surface area (Å²) in [6.07, 6.45) is 0. The van der Waals surface area contributed by atoms with Crippen molar-refractivity contribution in [3.8, 4) is 0 Å². The van der Waals surface area contributed by atoms with Crippen LogP contribution in [0.25, 0.3) is 0 Å². The Morgan fingerprint density at radius 2 is 1.84 bits per heavy atom. The Balaban J connectivity index is 1.87. The number of nitrogens with zero attached hydrogens (tertiary/aromatic N) is 3. The van der Waals surface area contributed by atoms with Crippen molar-refractivity contribution in [1.82, 2.24) is 9.71 Å². The number of hydrogen-bond acceptors (Lipinski definition) is 5. The molecule has 1 saturated heterocycles. The highest BCUT2D eigenvalue weighted by Gasteiger charge is 2.22. The van der Waals surface area contributed by atoms with Gasteiger partial charge in [-0.25, -0.2) is 0 Å². The fourth-order valence-electron chi connectivity index (χ4n) is 2.28. The largest absolute Gasteiger partial charge is 0.437 e. The summed E-state index contributed by atoms with van der Waals surface area (Å²) in [4.78, 5) is 14.5. The lowest BCUT2D eigenvalue weighted by molar-refractivity contribution is -0.384. The van der Waals surface area contributed by atoms with Crippen molar-refractivity contribution in [1.29, 1.82) is 0 Å². The van der Waals surface area contributed by atoms with E-state index in [4.69, 9.17) is 0 Å². The van der Waals surface area contributed by atoms with Gasteiger partial charge in [0.05, 0.1) is 4.92 Å². The summed E-state index contributed by atoms with van der Waals surface area (Å²) >= 11 is 0. The van der Waals surface area contributed by atoms with Gasteiger partial charge in [-0.2, -0.15) is 0 Å². The van der Waals surface area contributed by atoms with Crippen LogP contribution >= 0.6 is 0 Å². The molecule has 0 unspecified atom stereocenters. The Morgan fingerprint density at radius 1 is 1.26 bits per heavy atom. The zero-order valence-electron chi connectivity index (χ0n) is 11.0. The highest BCUT2D eigenvalue weighted by atomic mass is 16.6. The molecule has 1 N–H and O–H groups in total. The fourth-order valence-corrected chi connectivity index (χ4v) is 2.28. The van der Waals surface area contributed by atoms with Gasteiger partial charge < -0.3 is 9.83 Å². The van der Waals surface area contributed by atoms with Gasteiger partial charge >= 0.3 is 7.05 Å². The Kier molecular flexibility index (Phi) is 4.52. The zero-order valence-corrected chi connectivity index (χ0v) is 11.0. The molecule has 19 heavy (non-hydrogen) atoms. The molecule has 7 heteroatoms. The molecule has 1 aliphatic rings. The number of rotatable bonds is 4. The molecule has 0 amide bonds. The predicted octanol–water partition coefficient (Wildman–Crippen LogP) is 0.823. The molecule has 1 aromatic rings. The van der Waals surface area contributed by atoms with Gasteiger partial charge in [0, 0.05) is 44.9 Å². The summed E-state index contributed by atoms with van der Waals surface area (Å²) in [5, 5.41) is 20.0. The fraction of sp³-hybridized carbons (Fsp3) is 0.500. The first-order valence-corrected chi connectivity index (χ1v) is 6.44. The van der Waals surface area contributed by atoms with Crippen molar-refractivity contribution in [2.45, 2.75) is 13.4 Å². The summed E-state index contributed by atoms with van der Waals surface area (Å²) in [5.41, 5.74) is 1.21. The van der Waals surface area contributed by atoms with Gasteiger partial charge in [0.2, 0.25) is 0 Å². The second-order valence-corrected chi connectivity index (χ2v) is 4.87. The first-order chi connectivity index (χ1) is 9.06. The molecule has 0 aliphatic carbocycles. The first kappa shape index (κ1) is 14.0. The third-order valence-electron chi connectivity index (χ3n) is 3.49. The van der Waals surface area contributed by atoms with Crippen molar-refractivity contribution in [2.24, 2.45) is 0 Å². The maximum atomic E-state index is 10.6. The number of hydrogen-bond donors (Lipinski definition) is 1. The third-order valence-corrected chi connectivity index (χ3v) is 3.49. The third kappa shape index (κ3) is 3.76. The summed E-state index contributed by atoms with van der Waals surface area (Å²) < 4.78 is 0. The van der Waals surface area contributed by atoms with Gasteiger partial charge in [-0.3, -0.25) is 15.0 Å². The van der Waals surface area contributed by atoms with Gasteiger partial charge in [-0.05, 0) is 12.4 Å². The molecule has 0 radical (unpaired) electrons. The smallest absolute Gasteiger partial charge is 0.376 e. The van der Waals surface area contributed by atoms with E-state index < -0.39 is 0 Å². The van der Waals surface area contributed by atoms with E-state index in [0.29, 0.717) is 0 Å². The molecule has 0 aromatic heterocycles. The number of piperazine rings is 1. The number of benzene rings is 1. The summed E-state index contributed by atoms with van der Waals surface area (Å²) in [7, 11) is -0.387. The SMILES string of the molecule is CB(O)N1CCN(Cc2ccc([N+](=O)[O-])cc2)CC1. The minimum atomic E-state index is -0.387. The maximum absolute atomic E-state index is 10.6. The van der Waals surface area contributed by atoms with E-state index in [9.17, 15) is 15.1 Å². The average molecular weight is 263 g/mol. The van der Waals surface area contributed by atoms with Crippen molar-refractivity contribution in [3.63, 3.8) is 0 Å². The molecule has 2 rings (SSSR count). The second kappa shape index (κ2) is 6.14. The molecule has 1 aliphatic heterocycles. The van der Waals surface area contributed by atoms with Crippen molar-refractivity contribution >= 4 is 12.7 Å². The maximum Gasteiger partial charge on any atom is 0.376 e. The number of nitro benzene ring substituents is 1. The molecule has 0 spiro atoms. The molecule has 0 bridgehead atoms. The van der Waals surface area contributed by atoms with E-state index in [1.807, 2.05) is 4.81 Å². The molecule has 102 valence electrons. The van der Waals surface area contributed by atoms with Gasteiger partial charge in [-0.15, -0.1) is 0 Å². The van der Waals surface area contributed by atoms with E-state index in [1.54, 1.807) is 31.1 Å². The van der Waals surface area contributed by atoms with Crippen molar-refractivity contribution in [3.05, 3.63) is 39.9 Å². The summed E-state index contributed by atoms with van der Waals surface area (Å²) in [6.45, 7) is 6.09. The van der Waals surface area contributed by atoms with Gasteiger partial charge in [0.1, 0.15) is 0 Å². The van der Waals surface area contributed by atoms with E-state index in [-0.39, 0.29) is 17.7 Å². The van der Waals surface area contributed by atoms with Crippen LogP contribution < -0.4 is 0 Å². The minimum Gasteiger partial charge on any atom is -0.437 e. The van der Waals surface area contributed by atoms with Crippen LogP contribution in [0.3, 0.4) is 0 Å². The average Bonchev–Trinajstić information content (AvgIpc) is 2.40. The van der Waals surface area contributed by atoms with E-state index in [0.717, 1.165) is 38.3 Å². The lowest BCUT2D eigenvalue weighted by Crippen LogP contribution is -2.51. The Bertz CT molecular complexity index is 430. The Labute approximate surface area is 112 Å². The number of nitro groups is 1. The van der Waals surface area contributed by atoms with Crippen LogP contribution in [-0.4, -0.2) is 52.9 Å². The molecular weight excluding hydrogens is 245 g/mol. The van der Waals surface area contributed by atoms with Crippen LogP contribution in [0.4, 0.5) is 5.69 Å². The van der Waals surface area contributed by atoms with E-state index in [1.165, 1.54) is 0 Å². The van der Waals surface area contributed by atoms with Crippen molar-refractivity contribution in [2.75, 3.05) is 26.2 Å². The molecular formula is C12H18BN3O3. The molecule has 1 fully saturated rings. The molecule has 0 atom stereocenters. The van der Waals surface area contributed by atoms with E-state index >= 15 is 0 Å². The summed E-state index contributed by atoms with van der Waals surface area (Å²) in [5.74, 6) is 0. The van der Waals surface area contributed by atoms with E-state index in [2.05, 4.69) is 4.90 Å². The van der Waals surface area contributed by atoms with Gasteiger partial charge in [0.15, 0.2) is 0 Å². The van der Waals surface area contributed by atoms with Crippen LogP contribution in [-0.2, 0) is 6.54 Å². The Hall–Kier alpha value is -1.44. The Morgan fingerprint density at radius 3 is 2.32 bits per heavy atom. The first-order valence-electron chi connectivity index (χ1n) is 6.44. The van der Waals surface area contributed by atoms with Crippen LogP contribution in [0.15, 0.2) is 24.3 Å². The lowest BCUT2D eigenvalue weighted by atomic mass is 9.84. The molecule has 1 aromatic carbocycles. The topological polar surface area (TPSA) is 69.8 Å². The minimum absolute atomic E-state index is 0.127. The quantitative estimate of drug-likeness (QED) is 0.495. The zero-order chi connectivity index (χ0) is 13.8. The van der Waals surface area contributed by atoms with Crippen LogP contribution in [0.1, 0.15) is 5.56 Å². The normalized spacial score (nSPS) is 17.4. The van der Waals surface area contributed by atoms with Gasteiger partial charge in [-0.1, -0.05) is 12.1 Å². The monoisotopic (exact) mass is 263 g/mol. The summed E-state index contributed by atoms with van der Waals surface area (Å²) in [6, 6.07) is 6.70. The lowest BCUT2D eigenvalue weighted by Gasteiger charge is -2.35. The standard InChI is InChI=1S/C12H18BN3O3/c1-13(17)15-8-6-14(7-9-15)10-11-2-4-12(5-3-11)16(18)19/h2-5,17H,6-10H2,1H3. The van der Waals surface area contributed by atoms with Crippen LogP contribution in [0.2, 0.25) is 6.82 Å². The second-order valence-electron chi connectivity index (χ2n) is 4.87. The van der Waals surface area contributed by atoms with Crippen LogP contribution in [0.5, 0.6) is 0 Å². The molecule has 0 saturated carbocycles. The predicted molar refractivity (Wildman–Crippen MR) is 73.8 cm³/mol. The van der Waals surface area contributed by atoms with Crippen molar-refractivity contribution < 1.29 is 9.95 Å².